The van der Waals surface area contributed by atoms with E-state index in [4.69, 9.17) is 44.3 Å². The summed E-state index contributed by atoms with van der Waals surface area (Å²) in [5, 5.41) is 5.08. The molecule has 0 aromatic heterocycles. The van der Waals surface area contributed by atoms with Crippen LogP contribution in [0.5, 0.6) is 11.5 Å². The molecule has 31 heavy (non-hydrogen) atoms. The van der Waals surface area contributed by atoms with Gasteiger partial charge in [0, 0.05) is 10.0 Å². The fourth-order valence-electron chi connectivity index (χ4n) is 2.35. The van der Waals surface area contributed by atoms with Crippen molar-refractivity contribution in [2.24, 2.45) is 5.10 Å². The van der Waals surface area contributed by atoms with Crippen LogP contribution in [0.4, 0.5) is 0 Å². The number of carbonyl (C=O) groups excluding carboxylic acids is 2. The van der Waals surface area contributed by atoms with Gasteiger partial charge in [0.1, 0.15) is 11.5 Å². The molecule has 0 unspecified atom stereocenters. The van der Waals surface area contributed by atoms with E-state index in [0.717, 1.165) is 0 Å². The van der Waals surface area contributed by atoms with Crippen LogP contribution >= 0.6 is 34.8 Å². The van der Waals surface area contributed by atoms with Gasteiger partial charge < -0.3 is 9.47 Å². The quantitative estimate of drug-likeness (QED) is 0.214. The predicted octanol–water partition coefficient (Wildman–Crippen LogP) is 5.40. The van der Waals surface area contributed by atoms with Crippen molar-refractivity contribution < 1.29 is 19.1 Å². The largest absolute Gasteiger partial charge is 0.482 e. The van der Waals surface area contributed by atoms with Gasteiger partial charge in [-0.05, 0) is 66.2 Å². The van der Waals surface area contributed by atoms with Crippen molar-refractivity contribution in [3.63, 3.8) is 0 Å². The summed E-state index contributed by atoms with van der Waals surface area (Å²) in [6.45, 7) is -0.267. The molecule has 0 fully saturated rings. The number of nitrogens with zero attached hydrogens (tertiary/aromatic N) is 1. The van der Waals surface area contributed by atoms with Crippen LogP contribution in [0.3, 0.4) is 0 Å². The summed E-state index contributed by atoms with van der Waals surface area (Å²) in [6, 6.07) is 17.8. The first-order valence-corrected chi connectivity index (χ1v) is 10.0. The average Bonchev–Trinajstić information content (AvgIpc) is 2.74. The standard InChI is InChI=1S/C22H15Cl3N2O4/c23-16-3-1-2-15(10-16)22(29)31-18-7-4-14(5-8-18)12-26-27-21(28)13-30-20-9-6-17(24)11-19(20)25/h1-12H,13H2,(H,27,28)/b26-12+. The first-order chi connectivity index (χ1) is 14.9. The van der Waals surface area contributed by atoms with Crippen LogP contribution in [0.1, 0.15) is 15.9 Å². The summed E-state index contributed by atoms with van der Waals surface area (Å²) in [5.74, 6) is -0.279. The maximum absolute atomic E-state index is 12.1. The van der Waals surface area contributed by atoms with E-state index in [1.807, 2.05) is 0 Å². The number of ether oxygens (including phenoxy) is 2. The molecule has 1 amide bonds. The molecular formula is C22H15Cl3N2O4. The lowest BCUT2D eigenvalue weighted by Gasteiger charge is -2.07. The molecule has 9 heteroatoms. The van der Waals surface area contributed by atoms with E-state index in [1.54, 1.807) is 54.6 Å². The number of rotatable bonds is 7. The van der Waals surface area contributed by atoms with E-state index in [2.05, 4.69) is 10.5 Å². The molecule has 6 nitrogen and oxygen atoms in total. The Balaban J connectivity index is 1.47. The van der Waals surface area contributed by atoms with Gasteiger partial charge in [-0.25, -0.2) is 10.2 Å². The van der Waals surface area contributed by atoms with Crippen molar-refractivity contribution in [3.05, 3.63) is 92.9 Å². The zero-order valence-electron chi connectivity index (χ0n) is 15.8. The topological polar surface area (TPSA) is 77.0 Å². The van der Waals surface area contributed by atoms with Gasteiger partial charge in [0.15, 0.2) is 6.61 Å². The monoisotopic (exact) mass is 476 g/mol. The van der Waals surface area contributed by atoms with Gasteiger partial charge in [-0.1, -0.05) is 40.9 Å². The van der Waals surface area contributed by atoms with E-state index >= 15 is 0 Å². The Bertz CT molecular complexity index is 1120. The SMILES string of the molecule is O=C(COc1ccc(Cl)cc1Cl)N/N=C/c1ccc(OC(=O)c2cccc(Cl)c2)cc1. The van der Waals surface area contributed by atoms with Crippen molar-refractivity contribution in [3.8, 4) is 11.5 Å². The molecule has 158 valence electrons. The highest BCUT2D eigenvalue weighted by Crippen LogP contribution is 2.27. The summed E-state index contributed by atoms with van der Waals surface area (Å²) in [7, 11) is 0. The fraction of sp³-hybridized carbons (Fsp3) is 0.0455. The van der Waals surface area contributed by atoms with E-state index in [9.17, 15) is 9.59 Å². The Labute approximate surface area is 193 Å². The molecule has 0 bridgehead atoms. The minimum atomic E-state index is -0.517. The van der Waals surface area contributed by atoms with Crippen molar-refractivity contribution in [1.29, 1.82) is 0 Å². The molecule has 0 radical (unpaired) electrons. The average molecular weight is 478 g/mol. The second-order valence-corrected chi connectivity index (χ2v) is 7.41. The number of hydrogen-bond donors (Lipinski definition) is 1. The third kappa shape index (κ3) is 7.00. The van der Waals surface area contributed by atoms with E-state index < -0.39 is 11.9 Å². The summed E-state index contributed by atoms with van der Waals surface area (Å²) >= 11 is 17.7. The van der Waals surface area contributed by atoms with E-state index in [1.165, 1.54) is 18.3 Å². The molecule has 0 spiro atoms. The van der Waals surface area contributed by atoms with Crippen LogP contribution in [0, 0.1) is 0 Å². The number of hydrazone groups is 1. The van der Waals surface area contributed by atoms with Crippen LogP contribution in [0.15, 0.2) is 71.8 Å². The molecule has 0 atom stereocenters. The highest BCUT2D eigenvalue weighted by molar-refractivity contribution is 6.35. The number of halogens is 3. The molecule has 0 saturated heterocycles. The maximum Gasteiger partial charge on any atom is 0.343 e. The minimum Gasteiger partial charge on any atom is -0.482 e. The van der Waals surface area contributed by atoms with Gasteiger partial charge in [0.25, 0.3) is 5.91 Å². The third-order valence-electron chi connectivity index (χ3n) is 3.81. The summed E-state index contributed by atoms with van der Waals surface area (Å²) in [5.41, 5.74) is 3.38. The van der Waals surface area contributed by atoms with Gasteiger partial charge >= 0.3 is 5.97 Å². The first-order valence-electron chi connectivity index (χ1n) is 8.88. The zero-order valence-corrected chi connectivity index (χ0v) is 18.1. The van der Waals surface area contributed by atoms with Crippen LogP contribution in [-0.4, -0.2) is 24.7 Å². The van der Waals surface area contributed by atoms with Crippen molar-refractivity contribution >= 4 is 52.9 Å². The highest BCUT2D eigenvalue weighted by atomic mass is 35.5. The predicted molar refractivity (Wildman–Crippen MR) is 121 cm³/mol. The number of hydrogen-bond acceptors (Lipinski definition) is 5. The molecule has 0 heterocycles. The number of esters is 1. The van der Waals surface area contributed by atoms with Crippen molar-refractivity contribution in [2.75, 3.05) is 6.61 Å². The lowest BCUT2D eigenvalue weighted by molar-refractivity contribution is -0.123. The molecular weight excluding hydrogens is 463 g/mol. The number of amides is 1. The summed E-state index contributed by atoms with van der Waals surface area (Å²) in [6.07, 6.45) is 1.44. The zero-order chi connectivity index (χ0) is 22.2. The molecule has 3 rings (SSSR count). The van der Waals surface area contributed by atoms with Crippen molar-refractivity contribution in [1.82, 2.24) is 5.43 Å². The Morgan fingerprint density at radius 1 is 0.935 bits per heavy atom. The van der Waals surface area contributed by atoms with Crippen LogP contribution in [-0.2, 0) is 4.79 Å². The lowest BCUT2D eigenvalue weighted by atomic mass is 10.2. The Hall–Kier alpha value is -3.06. The van der Waals surface area contributed by atoms with Gasteiger partial charge in [-0.15, -0.1) is 0 Å². The Morgan fingerprint density at radius 3 is 2.39 bits per heavy atom. The molecule has 1 N–H and O–H groups in total. The Kier molecular flexibility index (Phi) is 7.89. The van der Waals surface area contributed by atoms with E-state index in [0.29, 0.717) is 37.7 Å². The second kappa shape index (κ2) is 10.8. The third-order valence-corrected chi connectivity index (χ3v) is 4.57. The second-order valence-electron chi connectivity index (χ2n) is 6.13. The van der Waals surface area contributed by atoms with Gasteiger partial charge in [0.05, 0.1) is 16.8 Å². The van der Waals surface area contributed by atoms with Crippen molar-refractivity contribution in [2.45, 2.75) is 0 Å². The first kappa shape index (κ1) is 22.6. The molecule has 3 aromatic rings. The normalized spacial score (nSPS) is 10.7. The van der Waals surface area contributed by atoms with Gasteiger partial charge in [0.2, 0.25) is 0 Å². The fourth-order valence-corrected chi connectivity index (χ4v) is 3.00. The summed E-state index contributed by atoms with van der Waals surface area (Å²) < 4.78 is 10.6. The maximum atomic E-state index is 12.1. The molecule has 0 aliphatic carbocycles. The molecule has 0 aliphatic rings. The van der Waals surface area contributed by atoms with E-state index in [-0.39, 0.29) is 6.61 Å². The number of carbonyl (C=O) groups is 2. The van der Waals surface area contributed by atoms with Gasteiger partial charge in [-0.3, -0.25) is 4.79 Å². The van der Waals surface area contributed by atoms with Gasteiger partial charge in [-0.2, -0.15) is 5.10 Å². The van der Waals surface area contributed by atoms with Crippen LogP contribution < -0.4 is 14.9 Å². The molecule has 0 saturated carbocycles. The smallest absolute Gasteiger partial charge is 0.343 e. The number of nitrogens with one attached hydrogen (secondary N) is 1. The molecule has 0 aliphatic heterocycles. The number of benzene rings is 3. The lowest BCUT2D eigenvalue weighted by Crippen LogP contribution is -2.24. The molecule has 3 aromatic carbocycles. The summed E-state index contributed by atoms with van der Waals surface area (Å²) in [4.78, 5) is 24.0. The minimum absolute atomic E-state index is 0.267. The highest BCUT2D eigenvalue weighted by Gasteiger charge is 2.09. The van der Waals surface area contributed by atoms with Crippen LogP contribution in [0.2, 0.25) is 15.1 Å². The van der Waals surface area contributed by atoms with Crippen LogP contribution in [0.25, 0.3) is 0 Å². The Morgan fingerprint density at radius 2 is 1.68 bits per heavy atom.